The molecule has 0 bridgehead atoms. The van der Waals surface area contributed by atoms with E-state index in [9.17, 15) is 13.6 Å². The van der Waals surface area contributed by atoms with Gasteiger partial charge in [0.2, 0.25) is 5.91 Å². The molecule has 1 rings (SSSR count). The number of hydrogen-bond donors (Lipinski definition) is 1. The zero-order valence-corrected chi connectivity index (χ0v) is 10.1. The summed E-state index contributed by atoms with van der Waals surface area (Å²) in [6.07, 6.45) is 0.0550. The number of rotatable bonds is 3. The number of benzene rings is 1. The first kappa shape index (κ1) is 13.6. The Morgan fingerprint density at radius 2 is 2.00 bits per heavy atom. The van der Waals surface area contributed by atoms with Gasteiger partial charge in [-0.1, -0.05) is 0 Å². The number of amides is 1. The summed E-state index contributed by atoms with van der Waals surface area (Å²) in [4.78, 5) is 12.9. The van der Waals surface area contributed by atoms with Crippen molar-refractivity contribution in [1.82, 2.24) is 0 Å². The quantitative estimate of drug-likeness (QED) is 0.881. The van der Waals surface area contributed by atoms with E-state index in [1.807, 2.05) is 0 Å². The van der Waals surface area contributed by atoms with Crippen LogP contribution in [0.4, 0.5) is 14.5 Å². The van der Waals surface area contributed by atoms with Crippen LogP contribution >= 0.6 is 0 Å². The molecule has 0 atom stereocenters. The molecule has 0 saturated carbocycles. The highest BCUT2D eigenvalue weighted by Gasteiger charge is 2.22. The van der Waals surface area contributed by atoms with Crippen LogP contribution in [0.15, 0.2) is 18.2 Å². The molecule has 0 unspecified atom stereocenters. The summed E-state index contributed by atoms with van der Waals surface area (Å²) in [6.45, 7) is 3.39. The summed E-state index contributed by atoms with van der Waals surface area (Å²) in [5.41, 5.74) is 4.94. The first-order valence-corrected chi connectivity index (χ1v) is 5.21. The van der Waals surface area contributed by atoms with Crippen LogP contribution in [0.3, 0.4) is 0 Å². The predicted molar refractivity (Wildman–Crippen MR) is 62.7 cm³/mol. The summed E-state index contributed by atoms with van der Waals surface area (Å²) in [6, 6.07) is 2.98. The second-order valence-electron chi connectivity index (χ2n) is 4.71. The largest absolute Gasteiger partial charge is 0.325 e. The predicted octanol–water partition coefficient (Wildman–Crippen LogP) is 2.05. The second-order valence-corrected chi connectivity index (χ2v) is 4.71. The number of halogens is 2. The Morgan fingerprint density at radius 3 is 2.53 bits per heavy atom. The number of anilines is 1. The van der Waals surface area contributed by atoms with Gasteiger partial charge in [0.05, 0.1) is 5.69 Å². The molecule has 1 aromatic carbocycles. The first-order chi connectivity index (χ1) is 7.70. The summed E-state index contributed by atoms with van der Waals surface area (Å²) in [5.74, 6) is -1.59. The maximum absolute atomic E-state index is 13.4. The summed E-state index contributed by atoms with van der Waals surface area (Å²) >= 11 is 0. The highest BCUT2D eigenvalue weighted by Crippen LogP contribution is 2.21. The van der Waals surface area contributed by atoms with Crippen LogP contribution in [0.2, 0.25) is 0 Å². The number of carbonyl (C=O) groups excluding carboxylic acids is 1. The Balaban J connectivity index is 2.92. The van der Waals surface area contributed by atoms with Crippen LogP contribution < -0.4 is 10.6 Å². The lowest BCUT2D eigenvalue weighted by Gasteiger charge is -2.23. The van der Waals surface area contributed by atoms with Crippen molar-refractivity contribution < 1.29 is 13.6 Å². The van der Waals surface area contributed by atoms with Gasteiger partial charge in [0.15, 0.2) is 0 Å². The second kappa shape index (κ2) is 4.79. The minimum atomic E-state index is -0.685. The molecule has 0 fully saturated rings. The van der Waals surface area contributed by atoms with Crippen molar-refractivity contribution >= 4 is 11.6 Å². The van der Waals surface area contributed by atoms with E-state index in [-0.39, 0.29) is 18.0 Å². The molecular weight excluding hydrogens is 226 g/mol. The smallest absolute Gasteiger partial charge is 0.228 e. The monoisotopic (exact) mass is 242 g/mol. The molecule has 0 heterocycles. The Bertz CT molecular complexity index is 427. The Kier molecular flexibility index (Phi) is 3.83. The van der Waals surface area contributed by atoms with Crippen LogP contribution in [-0.2, 0) is 4.79 Å². The highest BCUT2D eigenvalue weighted by molar-refractivity contribution is 5.93. The third-order valence-corrected chi connectivity index (χ3v) is 2.25. The normalized spacial score (nSPS) is 11.4. The lowest BCUT2D eigenvalue weighted by atomic mass is 10.0. The van der Waals surface area contributed by atoms with Crippen molar-refractivity contribution in [3.05, 3.63) is 29.8 Å². The van der Waals surface area contributed by atoms with Crippen molar-refractivity contribution in [3.63, 3.8) is 0 Å². The zero-order valence-electron chi connectivity index (χ0n) is 10.1. The molecule has 5 heteroatoms. The molecule has 3 nitrogen and oxygen atoms in total. The molecule has 0 aromatic heterocycles. The van der Waals surface area contributed by atoms with E-state index in [1.165, 1.54) is 7.05 Å². The van der Waals surface area contributed by atoms with Crippen LogP contribution in [0.5, 0.6) is 0 Å². The van der Waals surface area contributed by atoms with Crippen molar-refractivity contribution in [2.75, 3.05) is 11.9 Å². The fraction of sp³-hybridized carbons (Fsp3) is 0.417. The first-order valence-electron chi connectivity index (χ1n) is 5.21. The maximum atomic E-state index is 13.4. The molecule has 0 saturated heterocycles. The average Bonchev–Trinajstić information content (AvgIpc) is 2.18. The number of hydrogen-bond acceptors (Lipinski definition) is 2. The van der Waals surface area contributed by atoms with E-state index >= 15 is 0 Å². The zero-order chi connectivity index (χ0) is 13.2. The van der Waals surface area contributed by atoms with Gasteiger partial charge in [-0.25, -0.2) is 8.78 Å². The van der Waals surface area contributed by atoms with Gasteiger partial charge in [-0.2, -0.15) is 0 Å². The molecule has 17 heavy (non-hydrogen) atoms. The molecule has 1 aromatic rings. The van der Waals surface area contributed by atoms with Gasteiger partial charge in [-0.3, -0.25) is 4.79 Å². The van der Waals surface area contributed by atoms with Crippen molar-refractivity contribution in [2.45, 2.75) is 25.8 Å². The van der Waals surface area contributed by atoms with E-state index < -0.39 is 17.2 Å². The van der Waals surface area contributed by atoms with Crippen LogP contribution in [0.1, 0.15) is 20.3 Å². The minimum Gasteiger partial charge on any atom is -0.325 e. The van der Waals surface area contributed by atoms with Crippen LogP contribution in [-0.4, -0.2) is 18.5 Å². The standard InChI is InChI=1S/C12H16F2N2O/c1-12(2,15)7-11(17)16(3)10-6-8(13)4-5-9(10)14/h4-6H,7,15H2,1-3H3. The molecule has 0 radical (unpaired) electrons. The molecule has 0 aliphatic heterocycles. The molecule has 2 N–H and O–H groups in total. The van der Waals surface area contributed by atoms with E-state index in [0.29, 0.717) is 0 Å². The van der Waals surface area contributed by atoms with Gasteiger partial charge < -0.3 is 10.6 Å². The Morgan fingerprint density at radius 1 is 1.41 bits per heavy atom. The molecule has 94 valence electrons. The maximum Gasteiger partial charge on any atom is 0.228 e. The van der Waals surface area contributed by atoms with Gasteiger partial charge in [0.25, 0.3) is 0 Å². The van der Waals surface area contributed by atoms with E-state index in [0.717, 1.165) is 23.1 Å². The molecule has 1 amide bonds. The van der Waals surface area contributed by atoms with Crippen molar-refractivity contribution in [1.29, 1.82) is 0 Å². The van der Waals surface area contributed by atoms with E-state index in [4.69, 9.17) is 5.73 Å². The highest BCUT2D eigenvalue weighted by atomic mass is 19.1. The van der Waals surface area contributed by atoms with Crippen molar-refractivity contribution in [2.24, 2.45) is 5.73 Å². The fourth-order valence-electron chi connectivity index (χ4n) is 1.39. The SMILES string of the molecule is CN(C(=O)CC(C)(C)N)c1cc(F)ccc1F. The van der Waals surface area contributed by atoms with E-state index in [2.05, 4.69) is 0 Å². The topological polar surface area (TPSA) is 46.3 Å². The Hall–Kier alpha value is -1.49. The van der Waals surface area contributed by atoms with Crippen LogP contribution in [0, 0.1) is 11.6 Å². The number of carbonyl (C=O) groups is 1. The summed E-state index contributed by atoms with van der Waals surface area (Å²) in [7, 11) is 1.39. The van der Waals surface area contributed by atoms with Crippen LogP contribution in [0.25, 0.3) is 0 Å². The van der Waals surface area contributed by atoms with Crippen molar-refractivity contribution in [3.8, 4) is 0 Å². The summed E-state index contributed by atoms with van der Waals surface area (Å²) < 4.78 is 26.4. The molecule has 0 aliphatic rings. The minimum absolute atomic E-state index is 0.0550. The third-order valence-electron chi connectivity index (χ3n) is 2.25. The molecule has 0 aliphatic carbocycles. The van der Waals surface area contributed by atoms with Gasteiger partial charge in [0.1, 0.15) is 11.6 Å². The van der Waals surface area contributed by atoms with Gasteiger partial charge in [-0.15, -0.1) is 0 Å². The van der Waals surface area contributed by atoms with Gasteiger partial charge in [0, 0.05) is 25.1 Å². The molecular formula is C12H16F2N2O. The number of nitrogens with zero attached hydrogens (tertiary/aromatic N) is 1. The fourth-order valence-corrected chi connectivity index (χ4v) is 1.39. The number of nitrogens with two attached hydrogens (primary N) is 1. The lowest BCUT2D eigenvalue weighted by molar-refractivity contribution is -0.119. The van der Waals surface area contributed by atoms with Gasteiger partial charge in [-0.05, 0) is 26.0 Å². The average molecular weight is 242 g/mol. The molecule has 0 spiro atoms. The summed E-state index contributed by atoms with van der Waals surface area (Å²) in [5, 5.41) is 0. The lowest BCUT2D eigenvalue weighted by Crippen LogP contribution is -2.40. The van der Waals surface area contributed by atoms with Gasteiger partial charge >= 0.3 is 0 Å². The van der Waals surface area contributed by atoms with E-state index in [1.54, 1.807) is 13.8 Å². The Labute approximate surface area is 99.2 Å². The third kappa shape index (κ3) is 3.78.